The van der Waals surface area contributed by atoms with Crippen LogP contribution in [0.1, 0.15) is 19.3 Å². The average molecular weight is 266 g/mol. The number of rotatable bonds is 6. The van der Waals surface area contributed by atoms with E-state index in [1.54, 1.807) is 0 Å². The minimum atomic E-state index is 0.996. The van der Waals surface area contributed by atoms with Crippen LogP contribution in [0.4, 0.5) is 0 Å². The fraction of sp³-hybridized carbons (Fsp3) is 0.867. The second kappa shape index (κ2) is 7.88. The van der Waals surface area contributed by atoms with Gasteiger partial charge in [0.05, 0.1) is 0 Å². The van der Waals surface area contributed by atoms with Gasteiger partial charge in [0, 0.05) is 58.6 Å². The van der Waals surface area contributed by atoms with Crippen LogP contribution in [0, 0.1) is 0 Å². The van der Waals surface area contributed by atoms with E-state index in [0.717, 1.165) is 12.2 Å². The van der Waals surface area contributed by atoms with Crippen molar-refractivity contribution in [3.8, 4) is 0 Å². The van der Waals surface area contributed by atoms with Crippen molar-refractivity contribution in [2.24, 2.45) is 0 Å². The summed E-state index contributed by atoms with van der Waals surface area (Å²) in [5.74, 6) is 0. The molecule has 0 aromatic rings. The number of piperidine rings is 1. The molecule has 2 fully saturated rings. The Bertz CT molecular complexity index is 265. The summed E-state index contributed by atoms with van der Waals surface area (Å²) in [5.41, 5.74) is 1.13. The Morgan fingerprint density at radius 2 is 1.37 bits per heavy atom. The van der Waals surface area contributed by atoms with E-state index in [1.807, 2.05) is 7.05 Å². The van der Waals surface area contributed by atoms with Gasteiger partial charge in [0.1, 0.15) is 0 Å². The predicted octanol–water partition coefficient (Wildman–Crippen LogP) is 0.823. The Morgan fingerprint density at radius 3 is 1.95 bits per heavy atom. The summed E-state index contributed by atoms with van der Waals surface area (Å²) < 4.78 is 0. The van der Waals surface area contributed by atoms with Gasteiger partial charge in [-0.1, -0.05) is 13.0 Å². The third kappa shape index (κ3) is 5.13. The molecule has 0 atom stereocenters. The number of piperazine rings is 1. The van der Waals surface area contributed by atoms with Gasteiger partial charge < -0.3 is 10.2 Å². The molecule has 4 heteroatoms. The lowest BCUT2D eigenvalue weighted by molar-refractivity contribution is 0.119. The molecule has 0 aliphatic carbocycles. The van der Waals surface area contributed by atoms with E-state index < -0.39 is 0 Å². The third-order valence-corrected chi connectivity index (χ3v) is 4.41. The molecule has 0 spiro atoms. The minimum Gasteiger partial charge on any atom is -0.391 e. The van der Waals surface area contributed by atoms with Crippen LogP contribution in [0.25, 0.3) is 0 Å². The van der Waals surface area contributed by atoms with E-state index in [-0.39, 0.29) is 0 Å². The number of hydrogen-bond acceptors (Lipinski definition) is 4. The lowest BCUT2D eigenvalue weighted by atomic mass is 10.1. The van der Waals surface area contributed by atoms with Crippen molar-refractivity contribution >= 4 is 0 Å². The van der Waals surface area contributed by atoms with Crippen molar-refractivity contribution in [3.05, 3.63) is 12.3 Å². The number of nitrogens with zero attached hydrogens (tertiary/aromatic N) is 3. The molecule has 0 unspecified atom stereocenters. The van der Waals surface area contributed by atoms with E-state index in [1.165, 1.54) is 71.6 Å². The van der Waals surface area contributed by atoms with Crippen molar-refractivity contribution in [1.82, 2.24) is 20.0 Å². The zero-order chi connectivity index (χ0) is 13.5. The van der Waals surface area contributed by atoms with Crippen LogP contribution in [0.2, 0.25) is 0 Å². The van der Waals surface area contributed by atoms with Crippen LogP contribution in [0.3, 0.4) is 0 Å². The first kappa shape index (κ1) is 14.8. The molecule has 110 valence electrons. The lowest BCUT2D eigenvalue weighted by Gasteiger charge is -2.36. The highest BCUT2D eigenvalue weighted by molar-refractivity contribution is 4.94. The van der Waals surface area contributed by atoms with Crippen molar-refractivity contribution in [2.75, 3.05) is 66.0 Å². The Morgan fingerprint density at radius 1 is 0.842 bits per heavy atom. The van der Waals surface area contributed by atoms with Crippen LogP contribution in [-0.4, -0.2) is 80.7 Å². The lowest BCUT2D eigenvalue weighted by Crippen LogP contribution is -2.49. The van der Waals surface area contributed by atoms with Crippen molar-refractivity contribution in [2.45, 2.75) is 19.3 Å². The molecule has 2 aliphatic rings. The number of likely N-dealkylation sites (N-methyl/N-ethyl adjacent to an activating group) is 1. The Labute approximate surface area is 118 Å². The largest absolute Gasteiger partial charge is 0.391 e. The van der Waals surface area contributed by atoms with E-state index >= 15 is 0 Å². The van der Waals surface area contributed by atoms with Gasteiger partial charge in [-0.05, 0) is 25.9 Å². The summed E-state index contributed by atoms with van der Waals surface area (Å²) >= 11 is 0. The van der Waals surface area contributed by atoms with Crippen LogP contribution in [0.5, 0.6) is 0 Å². The third-order valence-electron chi connectivity index (χ3n) is 4.41. The highest BCUT2D eigenvalue weighted by Crippen LogP contribution is 2.09. The van der Waals surface area contributed by atoms with Gasteiger partial charge in [-0.2, -0.15) is 0 Å². The van der Waals surface area contributed by atoms with Gasteiger partial charge in [-0.25, -0.2) is 0 Å². The molecule has 0 radical (unpaired) electrons. The van der Waals surface area contributed by atoms with Crippen molar-refractivity contribution < 1.29 is 0 Å². The standard InChI is InChI=1S/C15H30N4/c1-15(16-2)14-19-12-10-18(11-13-19)9-8-17-6-4-3-5-7-17/h16H,1,3-14H2,2H3. The number of likely N-dealkylation sites (tertiary alicyclic amines) is 1. The monoisotopic (exact) mass is 266 g/mol. The Kier molecular flexibility index (Phi) is 6.14. The summed E-state index contributed by atoms with van der Waals surface area (Å²) in [7, 11) is 1.96. The zero-order valence-electron chi connectivity index (χ0n) is 12.5. The van der Waals surface area contributed by atoms with Gasteiger partial charge in [0.25, 0.3) is 0 Å². The molecule has 0 aromatic carbocycles. The van der Waals surface area contributed by atoms with Gasteiger partial charge >= 0.3 is 0 Å². The van der Waals surface area contributed by atoms with Gasteiger partial charge in [-0.3, -0.25) is 9.80 Å². The molecule has 4 nitrogen and oxygen atoms in total. The fourth-order valence-corrected chi connectivity index (χ4v) is 2.99. The van der Waals surface area contributed by atoms with Crippen molar-refractivity contribution in [3.63, 3.8) is 0 Å². The first-order valence-electron chi connectivity index (χ1n) is 7.80. The summed E-state index contributed by atoms with van der Waals surface area (Å²) in [5, 5.41) is 3.14. The van der Waals surface area contributed by atoms with Gasteiger partial charge in [0.2, 0.25) is 0 Å². The molecule has 19 heavy (non-hydrogen) atoms. The molecule has 2 saturated heterocycles. The molecule has 0 bridgehead atoms. The minimum absolute atomic E-state index is 0.996. The quantitative estimate of drug-likeness (QED) is 0.768. The summed E-state index contributed by atoms with van der Waals surface area (Å²) in [6.45, 7) is 15.0. The summed E-state index contributed by atoms with van der Waals surface area (Å²) in [6.07, 6.45) is 4.24. The second-order valence-electron chi connectivity index (χ2n) is 5.87. The predicted molar refractivity (Wildman–Crippen MR) is 81.4 cm³/mol. The molecule has 2 heterocycles. The maximum absolute atomic E-state index is 4.01. The van der Waals surface area contributed by atoms with Gasteiger partial charge in [0.15, 0.2) is 0 Å². The normalized spacial score (nSPS) is 23.4. The van der Waals surface area contributed by atoms with E-state index in [4.69, 9.17) is 0 Å². The Hall–Kier alpha value is -0.580. The molecule has 0 amide bonds. The highest BCUT2D eigenvalue weighted by Gasteiger charge is 2.18. The zero-order valence-corrected chi connectivity index (χ0v) is 12.5. The average Bonchev–Trinajstić information content (AvgIpc) is 2.47. The maximum Gasteiger partial charge on any atom is 0.0376 e. The molecule has 1 N–H and O–H groups in total. The second-order valence-corrected chi connectivity index (χ2v) is 5.87. The fourth-order valence-electron chi connectivity index (χ4n) is 2.99. The Balaban J connectivity index is 1.59. The van der Waals surface area contributed by atoms with Crippen LogP contribution < -0.4 is 5.32 Å². The van der Waals surface area contributed by atoms with Gasteiger partial charge in [-0.15, -0.1) is 0 Å². The summed E-state index contributed by atoms with van der Waals surface area (Å²) in [6, 6.07) is 0. The number of hydrogen-bond donors (Lipinski definition) is 1. The van der Waals surface area contributed by atoms with Crippen LogP contribution >= 0.6 is 0 Å². The molecule has 2 aliphatic heterocycles. The summed E-state index contributed by atoms with van der Waals surface area (Å²) in [4.78, 5) is 7.75. The highest BCUT2D eigenvalue weighted by atomic mass is 15.3. The van der Waals surface area contributed by atoms with E-state index in [0.29, 0.717) is 0 Å². The molecule has 0 saturated carbocycles. The van der Waals surface area contributed by atoms with E-state index in [9.17, 15) is 0 Å². The van der Waals surface area contributed by atoms with Crippen molar-refractivity contribution in [1.29, 1.82) is 0 Å². The molecule has 2 rings (SSSR count). The molecule has 0 aromatic heterocycles. The van der Waals surface area contributed by atoms with E-state index in [2.05, 4.69) is 26.6 Å². The first-order valence-corrected chi connectivity index (χ1v) is 7.80. The van der Waals surface area contributed by atoms with Crippen LogP contribution in [-0.2, 0) is 0 Å². The topological polar surface area (TPSA) is 21.8 Å². The molecular weight excluding hydrogens is 236 g/mol. The maximum atomic E-state index is 4.01. The number of nitrogens with one attached hydrogen (secondary N) is 1. The first-order chi connectivity index (χ1) is 9.28. The SMILES string of the molecule is C=C(CN1CCN(CCN2CCCCC2)CC1)NC. The van der Waals surface area contributed by atoms with Crippen LogP contribution in [0.15, 0.2) is 12.3 Å². The molecular formula is C15H30N4. The smallest absolute Gasteiger partial charge is 0.0376 e.